The van der Waals surface area contributed by atoms with Gasteiger partial charge in [0.25, 0.3) is 0 Å². The van der Waals surface area contributed by atoms with Gasteiger partial charge >= 0.3 is 15.5 Å². The number of halogens is 5. The van der Waals surface area contributed by atoms with Crippen LogP contribution in [0, 0.1) is 5.82 Å². The van der Waals surface area contributed by atoms with Gasteiger partial charge in [-0.2, -0.15) is 26.0 Å². The maximum absolute atomic E-state index is 13.0. The Kier molecular flexibility index (Phi) is 4.01. The van der Waals surface area contributed by atoms with Crippen molar-refractivity contribution in [2.45, 2.75) is 5.51 Å². The van der Waals surface area contributed by atoms with Crippen LogP contribution in [0.15, 0.2) is 27.1 Å². The standard InChI is InChI=1S/C8H4BrF4NO3S/c9-6-4(2-1-3-5(6)10)7(15)14-18(16,17)8(11,12)13/h1-3H,(H,14,15)/p-1. The quantitative estimate of drug-likeness (QED) is 0.462. The van der Waals surface area contributed by atoms with E-state index in [1.165, 1.54) is 0 Å². The van der Waals surface area contributed by atoms with Crippen molar-refractivity contribution in [1.29, 1.82) is 0 Å². The molecule has 10 heteroatoms. The summed E-state index contributed by atoms with van der Waals surface area (Å²) in [5, 5.41) is 11.2. The largest absolute Gasteiger partial charge is 0.858 e. The molecule has 0 unspecified atom stereocenters. The molecule has 0 bridgehead atoms. The lowest BCUT2D eigenvalue weighted by Gasteiger charge is -2.13. The van der Waals surface area contributed by atoms with Crippen molar-refractivity contribution in [2.75, 3.05) is 0 Å². The van der Waals surface area contributed by atoms with E-state index in [1.807, 2.05) is 0 Å². The third-order valence-corrected chi connectivity index (χ3v) is 3.47. The van der Waals surface area contributed by atoms with E-state index in [0.29, 0.717) is 0 Å². The van der Waals surface area contributed by atoms with Crippen LogP contribution in [0.5, 0.6) is 0 Å². The molecule has 0 fully saturated rings. The zero-order valence-corrected chi connectivity index (χ0v) is 10.6. The van der Waals surface area contributed by atoms with Crippen LogP contribution in [0.4, 0.5) is 17.6 Å². The van der Waals surface area contributed by atoms with Crippen molar-refractivity contribution in [3.63, 3.8) is 0 Å². The molecule has 0 heterocycles. The zero-order chi connectivity index (χ0) is 14.1. The van der Waals surface area contributed by atoms with Gasteiger partial charge in [-0.15, -0.1) is 0 Å². The summed E-state index contributed by atoms with van der Waals surface area (Å²) < 4.78 is 71.7. The highest BCUT2D eigenvalue weighted by atomic mass is 79.9. The molecule has 0 saturated heterocycles. The van der Waals surface area contributed by atoms with E-state index in [0.717, 1.165) is 18.2 Å². The number of hydrogen-bond acceptors (Lipinski definition) is 3. The summed E-state index contributed by atoms with van der Waals surface area (Å²) in [5.41, 5.74) is -6.30. The molecule has 0 aliphatic carbocycles. The van der Waals surface area contributed by atoms with E-state index in [2.05, 4.69) is 20.3 Å². The van der Waals surface area contributed by atoms with Crippen molar-refractivity contribution in [2.24, 2.45) is 4.40 Å². The van der Waals surface area contributed by atoms with Crippen molar-refractivity contribution >= 4 is 31.9 Å². The third-order valence-electron chi connectivity index (χ3n) is 1.68. The average Bonchev–Trinajstić information content (AvgIpc) is 2.19. The number of benzene rings is 1. The minimum Gasteiger partial charge on any atom is -0.858 e. The molecule has 1 aromatic rings. The molecule has 1 rings (SSSR count). The van der Waals surface area contributed by atoms with Crippen LogP contribution < -0.4 is 5.11 Å². The highest BCUT2D eigenvalue weighted by Gasteiger charge is 2.45. The monoisotopic (exact) mass is 348 g/mol. The summed E-state index contributed by atoms with van der Waals surface area (Å²) in [4.78, 5) is 0. The van der Waals surface area contributed by atoms with Gasteiger partial charge in [-0.05, 0) is 22.0 Å². The highest BCUT2D eigenvalue weighted by molar-refractivity contribution is 9.10. The first-order valence-corrected chi connectivity index (χ1v) is 6.32. The Balaban J connectivity index is 3.32. The van der Waals surface area contributed by atoms with E-state index < -0.39 is 37.3 Å². The fourth-order valence-corrected chi connectivity index (χ4v) is 1.73. The minimum atomic E-state index is -5.94. The first-order chi connectivity index (χ1) is 8.06. The molecular formula is C8H3BrF4NO3S-. The van der Waals surface area contributed by atoms with Crippen LogP contribution in [0.2, 0.25) is 0 Å². The first kappa shape index (κ1) is 14.9. The fourth-order valence-electron chi connectivity index (χ4n) is 0.879. The maximum Gasteiger partial charge on any atom is 0.518 e. The lowest BCUT2D eigenvalue weighted by atomic mass is 10.2. The average molecular weight is 349 g/mol. The van der Waals surface area contributed by atoms with Crippen LogP contribution in [0.3, 0.4) is 0 Å². The molecule has 0 radical (unpaired) electrons. The molecule has 0 aliphatic heterocycles. The van der Waals surface area contributed by atoms with Crippen molar-refractivity contribution < 1.29 is 31.1 Å². The van der Waals surface area contributed by atoms with Crippen LogP contribution >= 0.6 is 15.9 Å². The number of nitrogens with zero attached hydrogens (tertiary/aromatic N) is 1. The second kappa shape index (κ2) is 4.84. The molecule has 1 aromatic carbocycles. The second-order valence-corrected chi connectivity index (χ2v) is 5.31. The predicted octanol–water partition coefficient (Wildman–Crippen LogP) is 1.54. The first-order valence-electron chi connectivity index (χ1n) is 4.09. The Bertz CT molecular complexity index is 597. The van der Waals surface area contributed by atoms with E-state index >= 15 is 0 Å². The van der Waals surface area contributed by atoms with E-state index in [1.54, 1.807) is 0 Å². The molecule has 0 atom stereocenters. The lowest BCUT2D eigenvalue weighted by Crippen LogP contribution is -2.27. The molecule has 18 heavy (non-hydrogen) atoms. The van der Waals surface area contributed by atoms with Crippen molar-refractivity contribution in [3.05, 3.63) is 34.1 Å². The van der Waals surface area contributed by atoms with Gasteiger partial charge in [-0.3, -0.25) is 0 Å². The molecule has 0 spiro atoms. The van der Waals surface area contributed by atoms with Crippen molar-refractivity contribution in [3.8, 4) is 0 Å². The Hall–Kier alpha value is -1.16. The van der Waals surface area contributed by atoms with Gasteiger partial charge in [0.1, 0.15) is 5.82 Å². The Morgan fingerprint density at radius 1 is 1.33 bits per heavy atom. The van der Waals surface area contributed by atoms with Gasteiger partial charge in [-0.1, -0.05) is 12.1 Å². The number of sulfonamides is 1. The molecule has 4 nitrogen and oxygen atoms in total. The third kappa shape index (κ3) is 2.99. The maximum atomic E-state index is 13.0. The number of alkyl halides is 3. The van der Waals surface area contributed by atoms with Crippen molar-refractivity contribution in [1.82, 2.24) is 0 Å². The summed E-state index contributed by atoms with van der Waals surface area (Å²) in [6.45, 7) is 0. The van der Waals surface area contributed by atoms with Gasteiger partial charge in [0.15, 0.2) is 0 Å². The number of hydrogen-bond donors (Lipinski definition) is 0. The van der Waals surface area contributed by atoms with E-state index in [-0.39, 0.29) is 0 Å². The van der Waals surface area contributed by atoms with Crippen LogP contribution in [-0.2, 0) is 10.0 Å². The van der Waals surface area contributed by atoms with Crippen LogP contribution in [0.1, 0.15) is 5.56 Å². The summed E-state index contributed by atoms with van der Waals surface area (Å²) >= 11 is 2.61. The van der Waals surface area contributed by atoms with Gasteiger partial charge in [-0.25, -0.2) is 4.39 Å². The predicted molar refractivity (Wildman–Crippen MR) is 55.6 cm³/mol. The zero-order valence-electron chi connectivity index (χ0n) is 8.20. The minimum absolute atomic E-state index is 0.462. The van der Waals surface area contributed by atoms with E-state index in [4.69, 9.17) is 0 Å². The molecule has 0 aromatic heterocycles. The van der Waals surface area contributed by atoms with E-state index in [9.17, 15) is 31.1 Å². The normalized spacial score (nSPS) is 13.7. The molecule has 0 aliphatic rings. The molecular weight excluding hydrogens is 346 g/mol. The summed E-state index contributed by atoms with van der Waals surface area (Å²) in [7, 11) is -5.94. The Morgan fingerprint density at radius 2 is 1.89 bits per heavy atom. The topological polar surface area (TPSA) is 69.6 Å². The summed E-state index contributed by atoms with van der Waals surface area (Å²) in [6.07, 6.45) is 0. The van der Waals surface area contributed by atoms with Gasteiger partial charge in [0, 0.05) is 11.5 Å². The highest BCUT2D eigenvalue weighted by Crippen LogP contribution is 2.26. The summed E-state index contributed by atoms with van der Waals surface area (Å²) in [6, 6.07) is 2.90. The van der Waals surface area contributed by atoms with Gasteiger partial charge < -0.3 is 5.11 Å². The Labute approximate surface area is 107 Å². The fraction of sp³-hybridized carbons (Fsp3) is 0.125. The molecule has 0 amide bonds. The molecule has 0 saturated carbocycles. The van der Waals surface area contributed by atoms with Crippen LogP contribution in [-0.4, -0.2) is 19.8 Å². The van der Waals surface area contributed by atoms with Gasteiger partial charge in [0.05, 0.1) is 4.47 Å². The summed E-state index contributed by atoms with van der Waals surface area (Å²) in [5.74, 6) is -2.64. The van der Waals surface area contributed by atoms with Gasteiger partial charge in [0.2, 0.25) is 0 Å². The Morgan fingerprint density at radius 3 is 2.39 bits per heavy atom. The number of rotatable bonds is 2. The lowest BCUT2D eigenvalue weighted by molar-refractivity contribution is -0.212. The smallest absolute Gasteiger partial charge is 0.518 e. The molecule has 0 N–H and O–H groups in total. The second-order valence-electron chi connectivity index (χ2n) is 2.92. The van der Waals surface area contributed by atoms with Crippen LogP contribution in [0.25, 0.3) is 0 Å². The SMILES string of the molecule is O=S(=O)(/N=C(\[O-])c1cccc(F)c1Br)C(F)(F)F. The molecule has 100 valence electrons.